The largest absolute Gasteiger partial charge is 0.496 e. The average Bonchev–Trinajstić information content (AvgIpc) is 3.00. The number of carbonyl (C=O) groups is 2. The Hall–Kier alpha value is -1.40. The summed E-state index contributed by atoms with van der Waals surface area (Å²) >= 11 is 3.35. The molecule has 0 spiro atoms. The van der Waals surface area contributed by atoms with Crippen LogP contribution in [0.4, 0.5) is 0 Å². The Kier molecular flexibility index (Phi) is 5.97. The lowest BCUT2D eigenvalue weighted by Crippen LogP contribution is -2.39. The monoisotopic (exact) mass is 368 g/mol. The number of likely N-dealkylation sites (tertiary alicyclic amines) is 1. The van der Waals surface area contributed by atoms with Gasteiger partial charge in [-0.2, -0.15) is 0 Å². The molecule has 0 aromatic heterocycles. The summed E-state index contributed by atoms with van der Waals surface area (Å²) in [6.07, 6.45) is 2.33. The molecule has 0 aliphatic carbocycles. The number of hydrogen-bond acceptors (Lipinski definition) is 4. The number of methoxy groups -OCH3 is 1. The van der Waals surface area contributed by atoms with Crippen molar-refractivity contribution in [1.29, 1.82) is 0 Å². The highest BCUT2D eigenvalue weighted by Gasteiger charge is 2.27. The molecule has 5 nitrogen and oxygen atoms in total. The average molecular weight is 369 g/mol. The number of benzene rings is 1. The second kappa shape index (κ2) is 7.74. The fourth-order valence-electron chi connectivity index (χ4n) is 2.81. The van der Waals surface area contributed by atoms with Crippen molar-refractivity contribution in [3.8, 4) is 5.75 Å². The fraction of sp³-hybridized carbons (Fsp3) is 0.500. The maximum atomic E-state index is 12.4. The number of ketones is 1. The van der Waals surface area contributed by atoms with Crippen LogP contribution in [0.1, 0.15) is 36.0 Å². The van der Waals surface area contributed by atoms with Gasteiger partial charge in [-0.15, -0.1) is 0 Å². The molecule has 120 valence electrons. The normalized spacial score (nSPS) is 17.6. The van der Waals surface area contributed by atoms with Crippen LogP contribution in [0.25, 0.3) is 0 Å². The van der Waals surface area contributed by atoms with Crippen molar-refractivity contribution in [3.63, 3.8) is 0 Å². The molecule has 1 aromatic carbocycles. The van der Waals surface area contributed by atoms with Crippen molar-refractivity contribution in [2.75, 3.05) is 20.2 Å². The highest BCUT2D eigenvalue weighted by Crippen LogP contribution is 2.25. The van der Waals surface area contributed by atoms with Crippen molar-refractivity contribution in [3.05, 3.63) is 28.2 Å². The van der Waals surface area contributed by atoms with Crippen LogP contribution in [-0.2, 0) is 4.79 Å². The number of halogens is 1. The molecule has 1 atom stereocenters. The van der Waals surface area contributed by atoms with Gasteiger partial charge in [0, 0.05) is 36.4 Å². The molecule has 0 radical (unpaired) electrons. The van der Waals surface area contributed by atoms with Crippen molar-refractivity contribution < 1.29 is 14.3 Å². The smallest absolute Gasteiger partial charge is 0.223 e. The summed E-state index contributed by atoms with van der Waals surface area (Å²) in [5.41, 5.74) is 6.18. The van der Waals surface area contributed by atoms with Gasteiger partial charge in [-0.3, -0.25) is 9.59 Å². The summed E-state index contributed by atoms with van der Waals surface area (Å²) in [6, 6.07) is 5.41. The molecule has 1 fully saturated rings. The predicted octanol–water partition coefficient (Wildman–Crippen LogP) is 2.37. The van der Waals surface area contributed by atoms with Crippen LogP contribution >= 0.6 is 15.9 Å². The van der Waals surface area contributed by atoms with Gasteiger partial charge in [-0.25, -0.2) is 0 Å². The first kappa shape index (κ1) is 17.0. The summed E-state index contributed by atoms with van der Waals surface area (Å²) in [7, 11) is 1.53. The quantitative estimate of drug-likeness (QED) is 0.782. The second-order valence-electron chi connectivity index (χ2n) is 5.39. The summed E-state index contributed by atoms with van der Waals surface area (Å²) in [6.45, 7) is 1.23. The van der Waals surface area contributed by atoms with Crippen LogP contribution in [0.15, 0.2) is 22.7 Å². The van der Waals surface area contributed by atoms with Gasteiger partial charge in [0.05, 0.1) is 12.7 Å². The lowest BCUT2D eigenvalue weighted by atomic mass is 10.0. The third-order valence-electron chi connectivity index (χ3n) is 4.00. The maximum absolute atomic E-state index is 12.4. The third-order valence-corrected chi connectivity index (χ3v) is 4.49. The van der Waals surface area contributed by atoms with Gasteiger partial charge >= 0.3 is 0 Å². The number of amides is 1. The summed E-state index contributed by atoms with van der Waals surface area (Å²) in [5, 5.41) is 0. The summed E-state index contributed by atoms with van der Waals surface area (Å²) in [5.74, 6) is 0.451. The van der Waals surface area contributed by atoms with Crippen molar-refractivity contribution in [1.82, 2.24) is 4.90 Å². The molecule has 1 aliphatic heterocycles. The van der Waals surface area contributed by atoms with Crippen LogP contribution in [0.5, 0.6) is 5.75 Å². The van der Waals surface area contributed by atoms with E-state index in [1.165, 1.54) is 7.11 Å². The lowest BCUT2D eigenvalue weighted by Gasteiger charge is -2.23. The molecule has 6 heteroatoms. The van der Waals surface area contributed by atoms with Crippen LogP contribution in [0.2, 0.25) is 0 Å². The zero-order valence-electron chi connectivity index (χ0n) is 12.7. The van der Waals surface area contributed by atoms with Crippen LogP contribution in [-0.4, -0.2) is 42.8 Å². The Morgan fingerprint density at radius 3 is 2.86 bits per heavy atom. The van der Waals surface area contributed by atoms with Crippen molar-refractivity contribution in [2.45, 2.75) is 31.7 Å². The third kappa shape index (κ3) is 3.87. The molecule has 1 aromatic rings. The minimum atomic E-state index is -0.0880. The molecule has 22 heavy (non-hydrogen) atoms. The van der Waals surface area contributed by atoms with Gasteiger partial charge in [-0.1, -0.05) is 15.9 Å². The zero-order valence-corrected chi connectivity index (χ0v) is 14.3. The Balaban J connectivity index is 1.98. The van der Waals surface area contributed by atoms with E-state index in [2.05, 4.69) is 15.9 Å². The molecular formula is C16H21BrN2O3. The van der Waals surface area contributed by atoms with Crippen LogP contribution in [0, 0.1) is 0 Å². The maximum Gasteiger partial charge on any atom is 0.223 e. The lowest BCUT2D eigenvalue weighted by molar-refractivity contribution is -0.131. The summed E-state index contributed by atoms with van der Waals surface area (Å²) < 4.78 is 6.02. The number of Topliss-reactive ketones (excluding diaryl/α,β-unsaturated/α-hetero) is 1. The molecule has 1 amide bonds. The first-order valence-corrected chi connectivity index (χ1v) is 8.22. The first-order valence-electron chi connectivity index (χ1n) is 7.43. The summed E-state index contributed by atoms with van der Waals surface area (Å²) in [4.78, 5) is 26.4. The van der Waals surface area contributed by atoms with E-state index in [4.69, 9.17) is 10.5 Å². The Morgan fingerprint density at radius 1 is 1.41 bits per heavy atom. The zero-order chi connectivity index (χ0) is 16.1. The topological polar surface area (TPSA) is 72.6 Å². The number of nitrogens with zero attached hydrogens (tertiary/aromatic N) is 1. The van der Waals surface area contributed by atoms with E-state index < -0.39 is 0 Å². The van der Waals surface area contributed by atoms with Crippen molar-refractivity contribution in [2.24, 2.45) is 5.73 Å². The molecule has 1 aliphatic rings. The molecule has 1 heterocycles. The molecule has 1 unspecified atom stereocenters. The number of ether oxygens (including phenoxy) is 1. The van der Waals surface area contributed by atoms with Gasteiger partial charge in [0.15, 0.2) is 5.78 Å². The van der Waals surface area contributed by atoms with E-state index in [0.29, 0.717) is 17.9 Å². The standard InChI is InChI=1S/C16H21BrN2O3/c1-22-15-6-4-11(17)9-13(15)14(20)5-7-16(21)19-8-2-3-12(19)10-18/h4,6,9,12H,2-3,5,7-8,10,18H2,1H3. The molecular weight excluding hydrogens is 348 g/mol. The first-order chi connectivity index (χ1) is 10.6. The Morgan fingerprint density at radius 2 is 2.18 bits per heavy atom. The minimum absolute atomic E-state index is 0.00950. The fourth-order valence-corrected chi connectivity index (χ4v) is 3.17. The molecule has 2 N–H and O–H groups in total. The van der Waals surface area contributed by atoms with Gasteiger partial charge in [0.2, 0.25) is 5.91 Å². The van der Waals surface area contributed by atoms with Gasteiger partial charge in [0.25, 0.3) is 0 Å². The van der Waals surface area contributed by atoms with E-state index in [9.17, 15) is 9.59 Å². The molecule has 1 saturated heterocycles. The highest BCUT2D eigenvalue weighted by molar-refractivity contribution is 9.10. The predicted molar refractivity (Wildman–Crippen MR) is 88.0 cm³/mol. The van der Waals surface area contributed by atoms with E-state index >= 15 is 0 Å². The number of rotatable bonds is 6. The molecule has 0 bridgehead atoms. The van der Waals surface area contributed by atoms with Crippen LogP contribution < -0.4 is 10.5 Å². The number of carbonyl (C=O) groups excluding carboxylic acids is 2. The SMILES string of the molecule is COc1ccc(Br)cc1C(=O)CCC(=O)N1CCCC1CN. The molecule has 0 saturated carbocycles. The second-order valence-corrected chi connectivity index (χ2v) is 6.30. The minimum Gasteiger partial charge on any atom is -0.496 e. The van der Waals surface area contributed by atoms with E-state index in [0.717, 1.165) is 23.9 Å². The van der Waals surface area contributed by atoms with E-state index in [1.54, 1.807) is 12.1 Å². The van der Waals surface area contributed by atoms with E-state index in [1.807, 2.05) is 11.0 Å². The van der Waals surface area contributed by atoms with Gasteiger partial charge in [0.1, 0.15) is 5.75 Å². The molecule has 2 rings (SSSR count). The highest BCUT2D eigenvalue weighted by atomic mass is 79.9. The van der Waals surface area contributed by atoms with Gasteiger partial charge in [-0.05, 0) is 31.0 Å². The Bertz CT molecular complexity index is 562. The van der Waals surface area contributed by atoms with Crippen molar-refractivity contribution >= 4 is 27.6 Å². The Labute approximate surface area is 138 Å². The number of nitrogens with two attached hydrogens (primary N) is 1. The van der Waals surface area contributed by atoms with Gasteiger partial charge < -0.3 is 15.4 Å². The van der Waals surface area contributed by atoms with E-state index in [-0.39, 0.29) is 30.6 Å². The van der Waals surface area contributed by atoms with Crippen LogP contribution in [0.3, 0.4) is 0 Å². The number of hydrogen-bond donors (Lipinski definition) is 1.